The van der Waals surface area contributed by atoms with Gasteiger partial charge in [0.05, 0.1) is 40.9 Å². The van der Waals surface area contributed by atoms with E-state index in [1.54, 1.807) is 17.2 Å². The molecule has 0 spiro atoms. The highest BCUT2D eigenvalue weighted by Crippen LogP contribution is 2.45. The van der Waals surface area contributed by atoms with Gasteiger partial charge in [-0.15, -0.1) is 11.3 Å². The van der Waals surface area contributed by atoms with E-state index in [9.17, 15) is 9.18 Å². The molecule has 206 valence electrons. The first-order chi connectivity index (χ1) is 20.0. The van der Waals surface area contributed by atoms with Crippen LogP contribution in [0.2, 0.25) is 0 Å². The number of hydrogen-bond donors (Lipinski definition) is 1. The van der Waals surface area contributed by atoms with Gasteiger partial charge in [-0.3, -0.25) is 9.48 Å². The summed E-state index contributed by atoms with van der Waals surface area (Å²) in [5, 5.41) is 8.09. The Kier molecular flexibility index (Phi) is 6.36. The molecule has 1 amide bonds. The van der Waals surface area contributed by atoms with Crippen molar-refractivity contribution in [1.29, 1.82) is 0 Å². The summed E-state index contributed by atoms with van der Waals surface area (Å²) in [5.41, 5.74) is 10.1. The maximum absolute atomic E-state index is 14.2. The van der Waals surface area contributed by atoms with Crippen LogP contribution in [0.4, 0.5) is 4.39 Å². The Morgan fingerprint density at radius 1 is 1.17 bits per heavy atom. The second kappa shape index (κ2) is 10.2. The maximum Gasteiger partial charge on any atom is 0.246 e. The fourth-order valence-electron chi connectivity index (χ4n) is 5.67. The fraction of sp³-hybridized carbons (Fsp3) is 0.226. The number of pyridine rings is 1. The largest absolute Gasteiger partial charge is 0.496 e. The molecule has 10 heteroatoms. The summed E-state index contributed by atoms with van der Waals surface area (Å²) < 4.78 is 22.7. The maximum atomic E-state index is 14.2. The summed E-state index contributed by atoms with van der Waals surface area (Å²) >= 11 is 1.52. The smallest absolute Gasteiger partial charge is 0.246 e. The van der Waals surface area contributed by atoms with E-state index in [1.807, 2.05) is 16.4 Å². The van der Waals surface area contributed by atoms with Crippen LogP contribution < -0.4 is 10.1 Å². The molecule has 3 aromatic heterocycles. The first-order valence-electron chi connectivity index (χ1n) is 13.4. The lowest BCUT2D eigenvalue weighted by atomic mass is 9.94. The van der Waals surface area contributed by atoms with E-state index < -0.39 is 0 Å². The first kappa shape index (κ1) is 25.6. The predicted molar refractivity (Wildman–Crippen MR) is 157 cm³/mol. The van der Waals surface area contributed by atoms with E-state index in [0.717, 1.165) is 57.7 Å². The van der Waals surface area contributed by atoms with Crippen LogP contribution in [0, 0.1) is 5.82 Å². The van der Waals surface area contributed by atoms with E-state index >= 15 is 0 Å². The van der Waals surface area contributed by atoms with Crippen LogP contribution in [0.1, 0.15) is 17.2 Å². The number of methoxy groups -OCH3 is 1. The quantitative estimate of drug-likeness (QED) is 0.283. The van der Waals surface area contributed by atoms with E-state index in [1.165, 1.54) is 47.8 Å². The van der Waals surface area contributed by atoms with Gasteiger partial charge in [0.1, 0.15) is 17.1 Å². The van der Waals surface area contributed by atoms with E-state index in [4.69, 9.17) is 14.7 Å². The molecule has 8 nitrogen and oxygen atoms in total. The van der Waals surface area contributed by atoms with Crippen LogP contribution in [0.3, 0.4) is 0 Å². The van der Waals surface area contributed by atoms with Crippen LogP contribution in [0.25, 0.3) is 43.9 Å². The summed E-state index contributed by atoms with van der Waals surface area (Å²) in [5.74, 6) is -0.0406. The molecule has 0 bridgehead atoms. The number of halogens is 1. The number of nitrogens with one attached hydrogen (secondary N) is 1. The Balaban J connectivity index is 1.41. The van der Waals surface area contributed by atoms with Crippen molar-refractivity contribution < 1.29 is 13.9 Å². The van der Waals surface area contributed by atoms with Crippen molar-refractivity contribution in [2.24, 2.45) is 0 Å². The molecule has 2 aliphatic heterocycles. The summed E-state index contributed by atoms with van der Waals surface area (Å²) in [6, 6.07) is 11.1. The summed E-state index contributed by atoms with van der Waals surface area (Å²) in [4.78, 5) is 23.7. The second-order valence-corrected chi connectivity index (χ2v) is 11.1. The van der Waals surface area contributed by atoms with Gasteiger partial charge in [-0.1, -0.05) is 18.7 Å². The molecule has 5 aromatic rings. The Morgan fingerprint density at radius 2 is 2.05 bits per heavy atom. The first-order valence-corrected chi connectivity index (χ1v) is 14.3. The van der Waals surface area contributed by atoms with Crippen LogP contribution in [0.5, 0.6) is 5.75 Å². The molecule has 0 unspecified atom stereocenters. The zero-order valence-corrected chi connectivity index (χ0v) is 23.2. The van der Waals surface area contributed by atoms with Crippen molar-refractivity contribution in [3.8, 4) is 39.4 Å². The van der Waals surface area contributed by atoms with Crippen molar-refractivity contribution in [1.82, 2.24) is 30.0 Å². The normalized spacial score (nSPS) is 15.0. The molecule has 1 N–H and O–H groups in total. The Hall–Kier alpha value is -4.41. The highest BCUT2D eigenvalue weighted by atomic mass is 32.1. The molecule has 7 rings (SSSR count). The number of carbonyl (C=O) groups is 1. The molecule has 0 aliphatic carbocycles. The molecule has 2 aromatic carbocycles. The number of thiazole rings is 1. The minimum atomic E-state index is -0.378. The standard InChI is InChI=1S/C31H27FN6O2S/c1-3-26(39)37-15-23(16-37)38-14-21(13-35-38)28-27(24-7-6-22(32)11-25(24)40-2)31-30(34-17-41-31)29(36-28)19-4-5-20-12-33-9-8-18(20)10-19/h3-7,10-11,13-14,17,23,33H,1,8-9,12,15-16H2,2H3. The molecule has 2 aliphatic rings. The van der Waals surface area contributed by atoms with Gasteiger partial charge in [0.25, 0.3) is 0 Å². The number of amides is 1. The number of likely N-dealkylation sites (tertiary alicyclic amines) is 1. The van der Waals surface area contributed by atoms with Gasteiger partial charge in [0, 0.05) is 54.2 Å². The topological polar surface area (TPSA) is 85.2 Å². The highest BCUT2D eigenvalue weighted by Gasteiger charge is 2.32. The number of ether oxygens (including phenoxy) is 1. The van der Waals surface area contributed by atoms with Crippen molar-refractivity contribution in [2.45, 2.75) is 19.0 Å². The molecule has 0 saturated carbocycles. The second-order valence-electron chi connectivity index (χ2n) is 10.3. The molecular weight excluding hydrogens is 539 g/mol. The number of carbonyl (C=O) groups excluding carboxylic acids is 1. The average molecular weight is 567 g/mol. The monoisotopic (exact) mass is 566 g/mol. The lowest BCUT2D eigenvalue weighted by molar-refractivity contribution is -0.131. The SMILES string of the molecule is C=CC(=O)N1CC(n2cc(-c3nc(-c4ccc5c(c4)CCNC5)c4ncsc4c3-c3ccc(F)cc3OC)cn2)C1. The summed E-state index contributed by atoms with van der Waals surface area (Å²) in [6.07, 6.45) is 6.06. The lowest BCUT2D eigenvalue weighted by Crippen LogP contribution is -2.50. The highest BCUT2D eigenvalue weighted by molar-refractivity contribution is 7.17. The lowest BCUT2D eigenvalue weighted by Gasteiger charge is -2.38. The van der Waals surface area contributed by atoms with Crippen molar-refractivity contribution >= 4 is 27.5 Å². The van der Waals surface area contributed by atoms with Gasteiger partial charge in [-0.05, 0) is 48.4 Å². The number of aromatic nitrogens is 4. The van der Waals surface area contributed by atoms with Crippen LogP contribution >= 0.6 is 11.3 Å². The number of benzene rings is 2. The molecule has 1 fully saturated rings. The zero-order valence-electron chi connectivity index (χ0n) is 22.4. The average Bonchev–Trinajstić information content (AvgIpc) is 3.66. The van der Waals surface area contributed by atoms with Crippen LogP contribution in [-0.2, 0) is 17.8 Å². The summed E-state index contributed by atoms with van der Waals surface area (Å²) in [7, 11) is 1.54. The van der Waals surface area contributed by atoms with Crippen LogP contribution in [0.15, 0.2) is 67.0 Å². The number of hydrogen-bond acceptors (Lipinski definition) is 7. The Bertz CT molecular complexity index is 1820. The van der Waals surface area contributed by atoms with Crippen LogP contribution in [-0.4, -0.2) is 57.3 Å². The molecule has 0 atom stereocenters. The van der Waals surface area contributed by atoms with Crippen molar-refractivity contribution in [2.75, 3.05) is 26.7 Å². The van der Waals surface area contributed by atoms with Gasteiger partial charge < -0.3 is 15.0 Å². The third-order valence-corrected chi connectivity index (χ3v) is 8.72. The minimum Gasteiger partial charge on any atom is -0.496 e. The number of nitrogens with zero attached hydrogens (tertiary/aromatic N) is 5. The Morgan fingerprint density at radius 3 is 2.88 bits per heavy atom. The molecule has 1 saturated heterocycles. The van der Waals surface area contributed by atoms with Crippen molar-refractivity contribution in [3.63, 3.8) is 0 Å². The minimum absolute atomic E-state index is 0.0670. The van der Waals surface area contributed by atoms with E-state index in [-0.39, 0.29) is 17.8 Å². The zero-order chi connectivity index (χ0) is 28.1. The number of rotatable bonds is 6. The van der Waals surface area contributed by atoms with E-state index in [2.05, 4.69) is 35.2 Å². The van der Waals surface area contributed by atoms with Crippen molar-refractivity contribution in [3.05, 3.63) is 83.9 Å². The number of fused-ring (bicyclic) bond motifs is 2. The predicted octanol–water partition coefficient (Wildman–Crippen LogP) is 5.25. The van der Waals surface area contributed by atoms with Gasteiger partial charge in [0.15, 0.2) is 0 Å². The third kappa shape index (κ3) is 4.39. The Labute approximate surface area is 240 Å². The molecule has 41 heavy (non-hydrogen) atoms. The molecular formula is C31H27FN6O2S. The van der Waals surface area contributed by atoms with Gasteiger partial charge in [0.2, 0.25) is 5.91 Å². The van der Waals surface area contributed by atoms with Gasteiger partial charge in [-0.2, -0.15) is 5.10 Å². The summed E-state index contributed by atoms with van der Waals surface area (Å²) in [6.45, 7) is 6.52. The van der Waals surface area contributed by atoms with E-state index in [0.29, 0.717) is 24.5 Å². The van der Waals surface area contributed by atoms with Gasteiger partial charge in [-0.25, -0.2) is 14.4 Å². The fourth-order valence-corrected chi connectivity index (χ4v) is 6.52. The molecule has 0 radical (unpaired) electrons. The third-order valence-electron chi connectivity index (χ3n) is 7.88. The molecule has 5 heterocycles. The van der Waals surface area contributed by atoms with Gasteiger partial charge >= 0.3 is 0 Å².